The Morgan fingerprint density at radius 1 is 0.684 bits per heavy atom. The molecule has 1 rings (SSSR count). The minimum atomic E-state index is -7.05. The molecular weight excluding hydrogens is 306 g/mol. The third kappa shape index (κ3) is 1.48. The molecule has 0 aromatic carbocycles. The van der Waals surface area contributed by atoms with Gasteiger partial charge in [-0.1, -0.05) is 0 Å². The van der Waals surface area contributed by atoms with Crippen molar-refractivity contribution in [3.63, 3.8) is 0 Å². The van der Waals surface area contributed by atoms with Crippen LogP contribution in [0.15, 0.2) is 0 Å². The molecule has 12 heteroatoms. The normalized spacial score (nSPS) is 30.6. The highest BCUT2D eigenvalue weighted by atomic mass is 19.4. The number of rotatable bonds is 2. The fraction of sp³-hybridized carbons (Fsp3) is 0.857. The highest BCUT2D eigenvalue weighted by molar-refractivity contribution is 5.39. The smallest absolute Gasteiger partial charge is 0.384 e. The molecule has 0 aliphatic heterocycles. The average molecular weight is 308 g/mol. The van der Waals surface area contributed by atoms with Gasteiger partial charge in [-0.05, 0) is 0 Å². The molecule has 0 unspecified atom stereocenters. The van der Waals surface area contributed by atoms with Gasteiger partial charge in [0, 0.05) is 0 Å². The average Bonchev–Trinajstić information content (AvgIpc) is 2.22. The number of carbonyl (C=O) groups excluding carboxylic acids is 1. The van der Waals surface area contributed by atoms with Crippen LogP contribution in [0.1, 0.15) is 0 Å². The first-order valence-corrected chi connectivity index (χ1v) is 4.17. The molecule has 1 fully saturated rings. The monoisotopic (exact) mass is 308 g/mol. The fourth-order valence-corrected chi connectivity index (χ4v) is 1.40. The van der Waals surface area contributed by atoms with Crippen LogP contribution in [0, 0.1) is 0 Å². The molecule has 0 amide bonds. The van der Waals surface area contributed by atoms with Gasteiger partial charge in [0.1, 0.15) is 0 Å². The second-order valence-corrected chi connectivity index (χ2v) is 3.58. The summed E-state index contributed by atoms with van der Waals surface area (Å²) in [5, 5.41) is 0. The van der Waals surface area contributed by atoms with Crippen molar-refractivity contribution in [2.75, 3.05) is 0 Å². The largest absolute Gasteiger partial charge is 0.451 e. The minimum absolute atomic E-state index is 1.25. The zero-order chi connectivity index (χ0) is 15.5. The molecule has 112 valence electrons. The summed E-state index contributed by atoms with van der Waals surface area (Å²) in [6, 6.07) is 0. The van der Waals surface area contributed by atoms with Gasteiger partial charge in [-0.15, -0.1) is 0 Å². The van der Waals surface area contributed by atoms with Gasteiger partial charge in [0.15, 0.2) is 0 Å². The van der Waals surface area contributed by atoms with Gasteiger partial charge >= 0.3 is 29.6 Å². The van der Waals surface area contributed by atoms with Gasteiger partial charge in [0.05, 0.1) is 0 Å². The highest BCUT2D eigenvalue weighted by Gasteiger charge is 2.96. The molecule has 0 atom stereocenters. The molecule has 1 aliphatic carbocycles. The second kappa shape index (κ2) is 3.66. The van der Waals surface area contributed by atoms with Gasteiger partial charge in [0.2, 0.25) is 6.10 Å². The van der Waals surface area contributed by atoms with Crippen LogP contribution in [-0.4, -0.2) is 42.2 Å². The van der Waals surface area contributed by atoms with Crippen molar-refractivity contribution in [1.82, 2.24) is 0 Å². The van der Waals surface area contributed by atoms with E-state index in [2.05, 4.69) is 4.74 Å². The Morgan fingerprint density at radius 2 is 1.00 bits per heavy atom. The molecule has 0 aromatic rings. The van der Waals surface area contributed by atoms with Crippen molar-refractivity contribution >= 4 is 6.47 Å². The molecule has 0 radical (unpaired) electrons. The molecule has 0 bridgehead atoms. The van der Waals surface area contributed by atoms with Gasteiger partial charge < -0.3 is 4.74 Å². The summed E-state index contributed by atoms with van der Waals surface area (Å²) in [7, 11) is 0. The lowest BCUT2D eigenvalue weighted by atomic mass is 9.80. The molecule has 0 N–H and O–H groups in total. The summed E-state index contributed by atoms with van der Waals surface area (Å²) < 4.78 is 130. The first-order chi connectivity index (χ1) is 8.19. The standard InChI is InChI=1S/C7H2F10O2/c8-3(9)2(19-1-18)4(10,11)6(14,15)7(16,17)5(3,12)13/h1-2H. The molecular formula is C7H2F10O2. The van der Waals surface area contributed by atoms with Crippen LogP contribution < -0.4 is 0 Å². The summed E-state index contributed by atoms with van der Waals surface area (Å²) in [6.07, 6.45) is -4.73. The lowest BCUT2D eigenvalue weighted by molar-refractivity contribution is -0.468. The predicted octanol–water partition coefficient (Wildman–Crippen LogP) is 2.72. The fourth-order valence-electron chi connectivity index (χ4n) is 1.40. The number of carbonyl (C=O) groups is 1. The number of alkyl halides is 10. The Balaban J connectivity index is 3.59. The van der Waals surface area contributed by atoms with Crippen LogP contribution in [0.3, 0.4) is 0 Å². The molecule has 19 heavy (non-hydrogen) atoms. The summed E-state index contributed by atoms with van der Waals surface area (Å²) in [6.45, 7) is -1.25. The van der Waals surface area contributed by atoms with Crippen molar-refractivity contribution in [2.24, 2.45) is 0 Å². The second-order valence-electron chi connectivity index (χ2n) is 3.58. The van der Waals surface area contributed by atoms with E-state index in [-0.39, 0.29) is 0 Å². The lowest BCUT2D eigenvalue weighted by Crippen LogP contribution is -2.80. The highest BCUT2D eigenvalue weighted by Crippen LogP contribution is 2.65. The van der Waals surface area contributed by atoms with Gasteiger partial charge in [-0.2, -0.15) is 43.9 Å². The Morgan fingerprint density at radius 3 is 1.26 bits per heavy atom. The molecule has 1 saturated carbocycles. The Labute approximate surface area is 96.9 Å². The zero-order valence-corrected chi connectivity index (χ0v) is 8.25. The van der Waals surface area contributed by atoms with E-state index in [9.17, 15) is 48.7 Å². The van der Waals surface area contributed by atoms with Gasteiger partial charge in [-0.25, -0.2) is 0 Å². The number of ether oxygens (including phenoxy) is 1. The maximum Gasteiger partial charge on any atom is 0.384 e. The summed E-state index contributed by atoms with van der Waals surface area (Å²) in [5.74, 6) is -33.5. The van der Waals surface area contributed by atoms with E-state index in [1.807, 2.05) is 0 Å². The van der Waals surface area contributed by atoms with Gasteiger partial charge in [-0.3, -0.25) is 4.79 Å². The Kier molecular flexibility index (Phi) is 3.05. The third-order valence-electron chi connectivity index (χ3n) is 2.48. The maximum atomic E-state index is 12.8. The van der Waals surface area contributed by atoms with E-state index in [0.29, 0.717) is 0 Å². The lowest BCUT2D eigenvalue weighted by Gasteiger charge is -2.48. The van der Waals surface area contributed by atoms with Crippen molar-refractivity contribution in [2.45, 2.75) is 35.7 Å². The summed E-state index contributed by atoms with van der Waals surface area (Å²) in [4.78, 5) is 9.67. The van der Waals surface area contributed by atoms with Crippen LogP contribution in [-0.2, 0) is 9.53 Å². The Hall–Kier alpha value is -1.23. The van der Waals surface area contributed by atoms with E-state index in [0.717, 1.165) is 0 Å². The Bertz CT molecular complexity index is 359. The topological polar surface area (TPSA) is 26.3 Å². The molecule has 1 aliphatic rings. The molecule has 0 heterocycles. The van der Waals surface area contributed by atoms with Crippen molar-refractivity contribution in [3.8, 4) is 0 Å². The number of hydrogen-bond acceptors (Lipinski definition) is 2. The molecule has 0 saturated heterocycles. The first-order valence-electron chi connectivity index (χ1n) is 4.17. The summed E-state index contributed by atoms with van der Waals surface area (Å²) >= 11 is 0. The summed E-state index contributed by atoms with van der Waals surface area (Å²) in [5.41, 5.74) is 0. The van der Waals surface area contributed by atoms with Crippen molar-refractivity contribution in [3.05, 3.63) is 0 Å². The third-order valence-corrected chi connectivity index (χ3v) is 2.48. The van der Waals surface area contributed by atoms with Crippen molar-refractivity contribution in [1.29, 1.82) is 0 Å². The van der Waals surface area contributed by atoms with Gasteiger partial charge in [0.25, 0.3) is 6.47 Å². The van der Waals surface area contributed by atoms with Crippen LogP contribution in [0.2, 0.25) is 0 Å². The first kappa shape index (κ1) is 15.8. The maximum absolute atomic E-state index is 12.8. The number of hydrogen-bond donors (Lipinski definition) is 0. The zero-order valence-electron chi connectivity index (χ0n) is 8.25. The van der Waals surface area contributed by atoms with E-state index in [1.165, 1.54) is 0 Å². The van der Waals surface area contributed by atoms with Crippen LogP contribution in [0.5, 0.6) is 0 Å². The number of halogens is 10. The quantitative estimate of drug-likeness (QED) is 0.579. The van der Waals surface area contributed by atoms with Crippen molar-refractivity contribution < 1.29 is 53.4 Å². The molecule has 0 spiro atoms. The van der Waals surface area contributed by atoms with E-state index in [1.54, 1.807) is 0 Å². The van der Waals surface area contributed by atoms with E-state index in [4.69, 9.17) is 0 Å². The van der Waals surface area contributed by atoms with E-state index < -0.39 is 42.2 Å². The minimum Gasteiger partial charge on any atom is -0.451 e. The van der Waals surface area contributed by atoms with E-state index >= 15 is 0 Å². The molecule has 2 nitrogen and oxygen atoms in total. The van der Waals surface area contributed by atoms with Crippen LogP contribution >= 0.6 is 0 Å². The molecule has 0 aromatic heterocycles. The predicted molar refractivity (Wildman–Crippen MR) is 35.7 cm³/mol. The SMILES string of the molecule is O=COC1C(F)(F)C(F)(F)C(F)(F)C(F)(F)C1(F)F. The van der Waals surface area contributed by atoms with Crippen LogP contribution in [0.25, 0.3) is 0 Å². The van der Waals surface area contributed by atoms with Crippen LogP contribution in [0.4, 0.5) is 43.9 Å².